The van der Waals surface area contributed by atoms with E-state index in [1.54, 1.807) is 0 Å². The van der Waals surface area contributed by atoms with Crippen LogP contribution in [0.2, 0.25) is 0 Å². The summed E-state index contributed by atoms with van der Waals surface area (Å²) in [7, 11) is 5.94. The van der Waals surface area contributed by atoms with Crippen molar-refractivity contribution < 1.29 is 9.47 Å². The fourth-order valence-corrected chi connectivity index (χ4v) is 3.07. The number of rotatable bonds is 8. The summed E-state index contributed by atoms with van der Waals surface area (Å²) in [5, 5.41) is 3.48. The molecule has 0 amide bonds. The van der Waals surface area contributed by atoms with E-state index in [-0.39, 0.29) is 24.0 Å². The molecule has 0 aromatic heterocycles. The molecule has 1 aliphatic heterocycles. The lowest BCUT2D eigenvalue weighted by Gasteiger charge is -2.34. The van der Waals surface area contributed by atoms with Crippen LogP contribution in [-0.2, 0) is 11.3 Å². The van der Waals surface area contributed by atoms with E-state index in [9.17, 15) is 0 Å². The van der Waals surface area contributed by atoms with Gasteiger partial charge in [-0.25, -0.2) is 0 Å². The van der Waals surface area contributed by atoms with Crippen LogP contribution in [-0.4, -0.2) is 75.9 Å². The third-order valence-electron chi connectivity index (χ3n) is 4.51. The van der Waals surface area contributed by atoms with Crippen LogP contribution in [0, 0.1) is 0 Å². The molecule has 0 unspecified atom stereocenters. The van der Waals surface area contributed by atoms with Gasteiger partial charge in [0, 0.05) is 39.8 Å². The van der Waals surface area contributed by atoms with Crippen molar-refractivity contribution in [3.05, 3.63) is 29.8 Å². The van der Waals surface area contributed by atoms with Crippen LogP contribution >= 0.6 is 24.0 Å². The highest BCUT2D eigenvalue weighted by Gasteiger charge is 2.21. The largest absolute Gasteiger partial charge is 0.492 e. The molecule has 1 aromatic carbocycles. The smallest absolute Gasteiger partial charge is 0.193 e. The molecule has 154 valence electrons. The first-order chi connectivity index (χ1) is 12.6. The second kappa shape index (κ2) is 13.2. The molecule has 1 aliphatic rings. The summed E-state index contributed by atoms with van der Waals surface area (Å²) in [5.74, 6) is 1.87. The number of nitrogens with zero attached hydrogens (tertiary/aromatic N) is 3. The van der Waals surface area contributed by atoms with Crippen molar-refractivity contribution in [2.75, 3.05) is 54.0 Å². The number of nitrogens with one attached hydrogen (secondary N) is 1. The maximum absolute atomic E-state index is 5.82. The molecule has 1 aromatic rings. The van der Waals surface area contributed by atoms with Crippen LogP contribution in [0.3, 0.4) is 0 Å². The minimum atomic E-state index is 0. The van der Waals surface area contributed by atoms with Crippen LogP contribution < -0.4 is 10.1 Å². The van der Waals surface area contributed by atoms with Gasteiger partial charge >= 0.3 is 0 Å². The normalized spacial score (nSPS) is 15.6. The number of likely N-dealkylation sites (N-methyl/N-ethyl adjacent to an activating group) is 1. The number of hydrogen-bond donors (Lipinski definition) is 1. The average molecular weight is 490 g/mol. The van der Waals surface area contributed by atoms with Crippen LogP contribution in [0.1, 0.15) is 25.3 Å². The number of hydrogen-bond acceptors (Lipinski definition) is 4. The first-order valence-corrected chi connectivity index (χ1v) is 9.56. The molecule has 0 spiro atoms. The van der Waals surface area contributed by atoms with Crippen molar-refractivity contribution >= 4 is 29.9 Å². The van der Waals surface area contributed by atoms with Gasteiger partial charge in [0.05, 0.1) is 6.10 Å². The lowest BCUT2D eigenvalue weighted by atomic mass is 10.1. The summed E-state index contributed by atoms with van der Waals surface area (Å²) in [4.78, 5) is 8.87. The molecular formula is C20H35IN4O2. The van der Waals surface area contributed by atoms with Gasteiger partial charge in [0.25, 0.3) is 0 Å². The molecule has 2 rings (SSSR count). The van der Waals surface area contributed by atoms with Crippen molar-refractivity contribution in [2.45, 2.75) is 32.4 Å². The predicted octanol–water partition coefficient (Wildman–Crippen LogP) is 2.82. The van der Waals surface area contributed by atoms with Gasteiger partial charge in [0.15, 0.2) is 5.96 Å². The quantitative estimate of drug-likeness (QED) is 0.345. The van der Waals surface area contributed by atoms with Gasteiger partial charge in [0.2, 0.25) is 0 Å². The molecule has 27 heavy (non-hydrogen) atoms. The predicted molar refractivity (Wildman–Crippen MR) is 122 cm³/mol. The Morgan fingerprint density at radius 1 is 1.30 bits per heavy atom. The van der Waals surface area contributed by atoms with Gasteiger partial charge in [-0.05, 0) is 51.6 Å². The van der Waals surface area contributed by atoms with Crippen molar-refractivity contribution in [1.29, 1.82) is 0 Å². The summed E-state index contributed by atoms with van der Waals surface area (Å²) in [5.41, 5.74) is 1.19. The Morgan fingerprint density at radius 3 is 2.67 bits per heavy atom. The summed E-state index contributed by atoms with van der Waals surface area (Å²) >= 11 is 0. The van der Waals surface area contributed by atoms with Crippen molar-refractivity contribution in [3.63, 3.8) is 0 Å². The molecule has 0 radical (unpaired) electrons. The number of aliphatic imine (C=N–C) groups is 1. The van der Waals surface area contributed by atoms with Crippen molar-refractivity contribution in [3.8, 4) is 5.75 Å². The Hall–Kier alpha value is -1.06. The minimum Gasteiger partial charge on any atom is -0.492 e. The fraction of sp³-hybridized carbons (Fsp3) is 0.650. The van der Waals surface area contributed by atoms with E-state index in [4.69, 9.17) is 9.47 Å². The molecule has 1 heterocycles. The average Bonchev–Trinajstić information content (AvgIpc) is 2.64. The van der Waals surface area contributed by atoms with Gasteiger partial charge in [-0.15, -0.1) is 24.0 Å². The number of guanidine groups is 1. The number of likely N-dealkylation sites (tertiary alicyclic amines) is 1. The van der Waals surface area contributed by atoms with Crippen LogP contribution in [0.25, 0.3) is 0 Å². The number of benzene rings is 1. The SMILES string of the molecule is CCOC1CCN(C(=NC)NCc2cccc(OCCN(C)C)c2)CC1.I. The zero-order valence-corrected chi connectivity index (χ0v) is 19.4. The Bertz CT molecular complexity index is 561. The number of halogens is 1. The Kier molecular flexibility index (Phi) is 11.7. The van der Waals surface area contributed by atoms with Crippen LogP contribution in [0.5, 0.6) is 5.75 Å². The van der Waals surface area contributed by atoms with Crippen molar-refractivity contribution in [1.82, 2.24) is 15.1 Å². The highest BCUT2D eigenvalue weighted by atomic mass is 127. The number of ether oxygens (including phenoxy) is 2. The number of piperidine rings is 1. The van der Waals surface area contributed by atoms with E-state index in [0.717, 1.165) is 57.3 Å². The summed E-state index contributed by atoms with van der Waals surface area (Å²) < 4.78 is 11.5. The molecule has 0 bridgehead atoms. The Labute approximate surface area is 181 Å². The Balaban J connectivity index is 0.00000364. The standard InChI is InChI=1S/C20H34N4O2.HI/c1-5-25-18-9-11-24(12-10-18)20(21-2)22-16-17-7-6-8-19(15-17)26-14-13-23(3)4;/h6-8,15,18H,5,9-14,16H2,1-4H3,(H,21,22);1H. The first-order valence-electron chi connectivity index (χ1n) is 9.56. The van der Waals surface area contributed by atoms with Gasteiger partial charge < -0.3 is 24.6 Å². The molecule has 1 fully saturated rings. The van der Waals surface area contributed by atoms with Gasteiger partial charge in [-0.2, -0.15) is 0 Å². The fourth-order valence-electron chi connectivity index (χ4n) is 3.07. The second-order valence-corrected chi connectivity index (χ2v) is 6.84. The maximum Gasteiger partial charge on any atom is 0.193 e. The van der Waals surface area contributed by atoms with E-state index < -0.39 is 0 Å². The summed E-state index contributed by atoms with van der Waals surface area (Å²) in [6.45, 7) is 7.17. The highest BCUT2D eigenvalue weighted by molar-refractivity contribution is 14.0. The van der Waals surface area contributed by atoms with E-state index in [0.29, 0.717) is 12.7 Å². The van der Waals surface area contributed by atoms with Crippen molar-refractivity contribution in [2.24, 2.45) is 4.99 Å². The van der Waals surface area contributed by atoms with Crippen LogP contribution in [0.4, 0.5) is 0 Å². The monoisotopic (exact) mass is 490 g/mol. The molecule has 1 N–H and O–H groups in total. The lowest BCUT2D eigenvalue weighted by molar-refractivity contribution is 0.0263. The van der Waals surface area contributed by atoms with Gasteiger partial charge in [-0.3, -0.25) is 4.99 Å². The van der Waals surface area contributed by atoms with E-state index in [2.05, 4.69) is 39.2 Å². The molecular weight excluding hydrogens is 455 g/mol. The third kappa shape index (κ3) is 8.66. The van der Waals surface area contributed by atoms with E-state index >= 15 is 0 Å². The lowest BCUT2D eigenvalue weighted by Crippen LogP contribution is -2.46. The molecule has 6 nitrogen and oxygen atoms in total. The topological polar surface area (TPSA) is 49.3 Å². The molecule has 0 saturated carbocycles. The zero-order valence-electron chi connectivity index (χ0n) is 17.1. The molecule has 0 atom stereocenters. The third-order valence-corrected chi connectivity index (χ3v) is 4.51. The van der Waals surface area contributed by atoms with Crippen LogP contribution in [0.15, 0.2) is 29.3 Å². The molecule has 7 heteroatoms. The molecule has 0 aliphatic carbocycles. The van der Waals surface area contributed by atoms with Gasteiger partial charge in [0.1, 0.15) is 12.4 Å². The molecule has 1 saturated heterocycles. The van der Waals surface area contributed by atoms with E-state index in [1.165, 1.54) is 5.56 Å². The minimum absolute atomic E-state index is 0. The van der Waals surface area contributed by atoms with Gasteiger partial charge in [-0.1, -0.05) is 12.1 Å². The Morgan fingerprint density at radius 2 is 2.04 bits per heavy atom. The summed E-state index contributed by atoms with van der Waals surface area (Å²) in [6, 6.07) is 8.25. The first kappa shape index (κ1) is 24.0. The second-order valence-electron chi connectivity index (χ2n) is 6.84. The maximum atomic E-state index is 5.82. The summed E-state index contributed by atoms with van der Waals surface area (Å²) in [6.07, 6.45) is 2.51. The zero-order chi connectivity index (χ0) is 18.8. The van der Waals surface area contributed by atoms with E-state index in [1.807, 2.05) is 33.3 Å². The highest BCUT2D eigenvalue weighted by Crippen LogP contribution is 2.15.